The number of hydrogen-bond acceptors (Lipinski definition) is 4. The topological polar surface area (TPSA) is 57.4 Å². The van der Waals surface area contributed by atoms with E-state index in [2.05, 4.69) is 51.6 Å². The fourth-order valence-corrected chi connectivity index (χ4v) is 6.46. The number of aromatic amines is 2. The highest BCUT2D eigenvalue weighted by atomic mass is 32.1. The Morgan fingerprint density at radius 1 is 0.683 bits per heavy atom. The van der Waals surface area contributed by atoms with Crippen molar-refractivity contribution < 1.29 is 8.78 Å². The lowest BCUT2D eigenvalue weighted by atomic mass is 10.0. The summed E-state index contributed by atoms with van der Waals surface area (Å²) in [5, 5.41) is 17.5. The van der Waals surface area contributed by atoms with Crippen molar-refractivity contribution in [1.29, 1.82) is 0 Å². The van der Waals surface area contributed by atoms with Gasteiger partial charge in [0, 0.05) is 26.3 Å². The molecule has 0 aliphatic rings. The molecule has 0 aliphatic heterocycles. The van der Waals surface area contributed by atoms with E-state index in [1.54, 1.807) is 47.1 Å². The van der Waals surface area contributed by atoms with E-state index in [0.29, 0.717) is 0 Å². The first kappa shape index (κ1) is 29.6. The van der Waals surface area contributed by atoms with Gasteiger partial charge < -0.3 is 0 Å². The summed E-state index contributed by atoms with van der Waals surface area (Å²) in [7, 11) is 0. The van der Waals surface area contributed by atoms with Crippen molar-refractivity contribution in [3.8, 4) is 43.4 Å². The van der Waals surface area contributed by atoms with Gasteiger partial charge in [0.05, 0.1) is 28.7 Å². The van der Waals surface area contributed by atoms with Crippen LogP contribution in [0.3, 0.4) is 0 Å². The summed E-state index contributed by atoms with van der Waals surface area (Å²) < 4.78 is 27.6. The highest BCUT2D eigenvalue weighted by molar-refractivity contribution is 7.22. The van der Waals surface area contributed by atoms with Crippen molar-refractivity contribution in [2.45, 2.75) is 21.8 Å². The van der Waals surface area contributed by atoms with Crippen LogP contribution in [0.5, 0.6) is 0 Å². The van der Waals surface area contributed by atoms with Gasteiger partial charge in [-0.1, -0.05) is 51.3 Å². The van der Waals surface area contributed by atoms with Crippen LogP contribution < -0.4 is 0 Å². The minimum Gasteiger partial charge on any atom is -0.277 e. The molecule has 0 unspecified atom stereocenters. The predicted octanol–water partition coefficient (Wildman–Crippen LogP) is 10.6. The van der Waals surface area contributed by atoms with Crippen LogP contribution >= 0.6 is 22.7 Å². The normalized spacial score (nSPS) is 10.4. The molecule has 0 bridgehead atoms. The zero-order chi connectivity index (χ0) is 26.8. The maximum atomic E-state index is 13.2. The van der Waals surface area contributed by atoms with E-state index in [0.717, 1.165) is 38.5 Å². The first-order valence-corrected chi connectivity index (χ1v) is 13.9. The van der Waals surface area contributed by atoms with E-state index in [4.69, 9.17) is 0 Å². The third kappa shape index (κ3) is 6.04. The van der Waals surface area contributed by atoms with Gasteiger partial charge in [0.2, 0.25) is 0 Å². The number of halogens is 2. The Morgan fingerprint density at radius 3 is 2.12 bits per heavy atom. The maximum absolute atomic E-state index is 13.2. The fourth-order valence-electron chi connectivity index (χ4n) is 4.50. The SMILES string of the molecule is C.C.Cc1c(-c2cn[nH]c2-c2ccc(F)cc2)sc2ccccc12.Fc1cccc(-c2cn[nH]c2-c2cccs2)c1. The summed E-state index contributed by atoms with van der Waals surface area (Å²) in [6.45, 7) is 2.13. The van der Waals surface area contributed by atoms with Crippen molar-refractivity contribution in [2.75, 3.05) is 0 Å². The zero-order valence-corrected chi connectivity index (χ0v) is 22.4. The molecule has 208 valence electrons. The summed E-state index contributed by atoms with van der Waals surface area (Å²) in [5.74, 6) is -0.469. The van der Waals surface area contributed by atoms with Gasteiger partial charge in [-0.25, -0.2) is 8.78 Å². The molecule has 4 nitrogen and oxygen atoms in total. The van der Waals surface area contributed by atoms with Crippen LogP contribution in [0.15, 0.2) is 103 Å². The minimum atomic E-state index is -0.235. The van der Waals surface area contributed by atoms with Gasteiger partial charge in [0.1, 0.15) is 11.6 Å². The molecule has 41 heavy (non-hydrogen) atoms. The van der Waals surface area contributed by atoms with E-state index in [9.17, 15) is 8.78 Å². The second kappa shape index (κ2) is 12.8. The number of benzene rings is 3. The van der Waals surface area contributed by atoms with Gasteiger partial charge in [0.15, 0.2) is 0 Å². The van der Waals surface area contributed by atoms with Crippen molar-refractivity contribution >= 4 is 32.8 Å². The lowest BCUT2D eigenvalue weighted by Gasteiger charge is -2.03. The first-order valence-electron chi connectivity index (χ1n) is 12.2. The molecule has 0 amide bonds. The minimum absolute atomic E-state index is 0. The number of rotatable bonds is 4. The van der Waals surface area contributed by atoms with E-state index in [1.165, 1.54) is 44.8 Å². The lowest BCUT2D eigenvalue weighted by molar-refractivity contribution is 0.627. The molecule has 8 heteroatoms. The highest BCUT2D eigenvalue weighted by Gasteiger charge is 2.16. The van der Waals surface area contributed by atoms with Crippen LogP contribution in [0, 0.1) is 18.6 Å². The van der Waals surface area contributed by atoms with Gasteiger partial charge in [-0.05, 0) is 77.3 Å². The second-order valence-electron chi connectivity index (χ2n) is 8.86. The molecular formula is C33H30F2N4S2. The standard InChI is InChI=1S/C18H13FN2S.C13H9FN2S.2CH4/c1-11-14-4-2-3-5-16(14)22-18(11)15-10-20-21-17(15)12-6-8-13(19)9-7-12;14-10-4-1-3-9(7-10)11-8-15-16-13(11)12-5-2-6-17-12;;/h2-10H,1H3,(H,20,21);1-8H,(H,15,16);2*1H4. The Bertz CT molecular complexity index is 1850. The van der Waals surface area contributed by atoms with Crippen molar-refractivity contribution in [3.63, 3.8) is 0 Å². The van der Waals surface area contributed by atoms with E-state index >= 15 is 0 Å². The number of aryl methyl sites for hydroxylation is 1. The Morgan fingerprint density at radius 2 is 1.41 bits per heavy atom. The van der Waals surface area contributed by atoms with E-state index in [1.807, 2.05) is 29.8 Å². The van der Waals surface area contributed by atoms with Crippen LogP contribution in [0.4, 0.5) is 8.78 Å². The molecule has 0 atom stereocenters. The van der Waals surface area contributed by atoms with Crippen molar-refractivity contribution in [3.05, 3.63) is 120 Å². The molecule has 2 N–H and O–H groups in total. The van der Waals surface area contributed by atoms with Gasteiger partial charge in [-0.15, -0.1) is 22.7 Å². The van der Waals surface area contributed by atoms with Gasteiger partial charge in [-0.3, -0.25) is 10.2 Å². The molecule has 0 saturated heterocycles. The van der Waals surface area contributed by atoms with Crippen LogP contribution in [-0.4, -0.2) is 20.4 Å². The van der Waals surface area contributed by atoms with Gasteiger partial charge in [-0.2, -0.15) is 10.2 Å². The molecule has 0 aliphatic carbocycles. The van der Waals surface area contributed by atoms with Crippen molar-refractivity contribution in [1.82, 2.24) is 20.4 Å². The van der Waals surface area contributed by atoms with E-state index < -0.39 is 0 Å². The molecule has 0 radical (unpaired) electrons. The number of H-pyrrole nitrogens is 2. The molecule has 0 saturated carbocycles. The van der Waals surface area contributed by atoms with Gasteiger partial charge >= 0.3 is 0 Å². The molecule has 7 aromatic rings. The van der Waals surface area contributed by atoms with Gasteiger partial charge in [0.25, 0.3) is 0 Å². The third-order valence-corrected chi connectivity index (χ3v) is 8.60. The Labute approximate surface area is 246 Å². The maximum Gasteiger partial charge on any atom is 0.123 e. The Hall–Kier alpha value is -4.40. The fraction of sp³-hybridized carbons (Fsp3) is 0.0909. The molecule has 4 heterocycles. The number of fused-ring (bicyclic) bond motifs is 1. The summed E-state index contributed by atoms with van der Waals surface area (Å²) in [5.41, 5.74) is 6.87. The molecule has 0 spiro atoms. The van der Waals surface area contributed by atoms with Crippen LogP contribution in [0.25, 0.3) is 53.5 Å². The molecule has 0 fully saturated rings. The Kier molecular flexibility index (Phi) is 9.27. The summed E-state index contributed by atoms with van der Waals surface area (Å²) in [6, 6.07) is 25.4. The summed E-state index contributed by atoms with van der Waals surface area (Å²) in [6.07, 6.45) is 3.57. The average molecular weight is 585 g/mol. The quantitative estimate of drug-likeness (QED) is 0.216. The molecule has 3 aromatic carbocycles. The zero-order valence-electron chi connectivity index (χ0n) is 20.8. The summed E-state index contributed by atoms with van der Waals surface area (Å²) >= 11 is 3.39. The predicted molar refractivity (Wildman–Crippen MR) is 170 cm³/mol. The largest absolute Gasteiger partial charge is 0.277 e. The molecule has 4 aromatic heterocycles. The number of aromatic nitrogens is 4. The van der Waals surface area contributed by atoms with Crippen LogP contribution in [0.1, 0.15) is 20.4 Å². The first-order chi connectivity index (χ1) is 19.1. The monoisotopic (exact) mass is 584 g/mol. The number of hydrogen-bond donors (Lipinski definition) is 2. The number of thiophene rings is 2. The molecule has 7 rings (SSSR count). The van der Waals surface area contributed by atoms with Crippen molar-refractivity contribution in [2.24, 2.45) is 0 Å². The number of nitrogens with one attached hydrogen (secondary N) is 2. The third-order valence-electron chi connectivity index (χ3n) is 6.40. The van der Waals surface area contributed by atoms with E-state index in [-0.39, 0.29) is 26.5 Å². The van der Waals surface area contributed by atoms with Crippen LogP contribution in [-0.2, 0) is 0 Å². The highest BCUT2D eigenvalue weighted by Crippen LogP contribution is 2.41. The molecular weight excluding hydrogens is 555 g/mol. The smallest absolute Gasteiger partial charge is 0.123 e. The number of nitrogens with zero attached hydrogens (tertiary/aromatic N) is 2. The summed E-state index contributed by atoms with van der Waals surface area (Å²) in [4.78, 5) is 2.30. The second-order valence-corrected chi connectivity index (χ2v) is 10.9. The average Bonchev–Trinajstić information content (AvgIpc) is 3.76. The van der Waals surface area contributed by atoms with Crippen LogP contribution in [0.2, 0.25) is 0 Å². The lowest BCUT2D eigenvalue weighted by Crippen LogP contribution is -1.83. The Balaban J connectivity index is 0.000000185.